The van der Waals surface area contributed by atoms with Crippen LogP contribution in [0.15, 0.2) is 54.7 Å². The topological polar surface area (TPSA) is 109 Å². The van der Waals surface area contributed by atoms with Crippen LogP contribution in [0.25, 0.3) is 11.0 Å². The van der Waals surface area contributed by atoms with Crippen molar-refractivity contribution in [1.29, 1.82) is 0 Å². The molecular formula is C30H36FN7O2. The first-order valence-electron chi connectivity index (χ1n) is 13.7. The summed E-state index contributed by atoms with van der Waals surface area (Å²) in [6, 6.07) is 13.4. The van der Waals surface area contributed by atoms with Crippen LogP contribution in [0.3, 0.4) is 0 Å². The number of aromatic nitrogens is 3. The van der Waals surface area contributed by atoms with E-state index in [1.54, 1.807) is 6.20 Å². The monoisotopic (exact) mass is 545 g/mol. The summed E-state index contributed by atoms with van der Waals surface area (Å²) in [6.45, 7) is 8.13. The molecule has 2 aromatic heterocycles. The smallest absolute Gasteiger partial charge is 0.231 e. The van der Waals surface area contributed by atoms with Gasteiger partial charge in [-0.15, -0.1) is 0 Å². The van der Waals surface area contributed by atoms with Gasteiger partial charge >= 0.3 is 0 Å². The van der Waals surface area contributed by atoms with E-state index in [0.717, 1.165) is 31.9 Å². The maximum absolute atomic E-state index is 13.5. The average Bonchev–Trinajstić information content (AvgIpc) is 3.37. The number of H-pyrrole nitrogens is 1. The van der Waals surface area contributed by atoms with E-state index in [0.29, 0.717) is 46.3 Å². The first-order chi connectivity index (χ1) is 19.3. The number of aliphatic hydroxyl groups excluding tert-OH is 1. The van der Waals surface area contributed by atoms with Crippen molar-refractivity contribution in [3.8, 4) is 0 Å². The van der Waals surface area contributed by atoms with Crippen LogP contribution in [0.2, 0.25) is 0 Å². The number of nitrogens with zero attached hydrogens (tertiary/aromatic N) is 4. The molecule has 0 bridgehead atoms. The number of carbonyl (C=O) groups excluding carboxylic acids is 1. The lowest BCUT2D eigenvalue weighted by Crippen LogP contribution is -2.44. The molecule has 210 valence electrons. The highest BCUT2D eigenvalue weighted by Crippen LogP contribution is 2.30. The van der Waals surface area contributed by atoms with Crippen LogP contribution in [0, 0.1) is 11.7 Å². The number of fused-ring (bicyclic) bond motifs is 1. The molecule has 1 aliphatic heterocycles. The lowest BCUT2D eigenvalue weighted by Gasteiger charge is -2.34. The third-order valence-corrected chi connectivity index (χ3v) is 7.19. The number of ketones is 1. The number of rotatable bonds is 10. The summed E-state index contributed by atoms with van der Waals surface area (Å²) < 4.78 is 13.5. The van der Waals surface area contributed by atoms with Gasteiger partial charge < -0.3 is 30.5 Å². The molecule has 10 heteroatoms. The van der Waals surface area contributed by atoms with Gasteiger partial charge in [-0.25, -0.2) is 4.39 Å². The van der Waals surface area contributed by atoms with Gasteiger partial charge in [0.05, 0.1) is 23.6 Å². The zero-order valence-corrected chi connectivity index (χ0v) is 23.1. The summed E-state index contributed by atoms with van der Waals surface area (Å²) >= 11 is 0. The minimum Gasteiger partial charge on any atom is -0.394 e. The second-order valence-corrected chi connectivity index (χ2v) is 10.8. The second kappa shape index (κ2) is 12.0. The molecule has 5 rings (SSSR count). The normalized spacial score (nSPS) is 15.0. The van der Waals surface area contributed by atoms with E-state index < -0.39 is 5.82 Å². The van der Waals surface area contributed by atoms with Gasteiger partial charge in [-0.1, -0.05) is 13.8 Å². The molecule has 1 saturated heterocycles. The minimum atomic E-state index is -0.409. The van der Waals surface area contributed by atoms with Crippen LogP contribution < -0.4 is 15.5 Å². The summed E-state index contributed by atoms with van der Waals surface area (Å²) in [6.07, 6.45) is 2.31. The molecule has 1 aliphatic rings. The van der Waals surface area contributed by atoms with E-state index in [1.807, 2.05) is 12.1 Å². The molecule has 0 radical (unpaired) electrons. The number of carbonyl (C=O) groups is 1. The van der Waals surface area contributed by atoms with Crippen LogP contribution in [0.5, 0.6) is 0 Å². The van der Waals surface area contributed by atoms with E-state index in [-0.39, 0.29) is 18.4 Å². The average molecular weight is 546 g/mol. The SMILES string of the molecule is CC(C)C[C@H](CO)Nc1nc(Nc2ccc(N3CCN(C)CC3)cc2)nc2[nH]cc(C(=O)c3ccc(F)cc3)c12. The fourth-order valence-corrected chi connectivity index (χ4v) is 5.02. The van der Waals surface area contributed by atoms with Crippen LogP contribution in [-0.2, 0) is 0 Å². The number of likely N-dealkylation sites (N-methyl/N-ethyl adjacent to an activating group) is 1. The highest BCUT2D eigenvalue weighted by atomic mass is 19.1. The molecule has 1 atom stereocenters. The van der Waals surface area contributed by atoms with E-state index in [9.17, 15) is 14.3 Å². The lowest BCUT2D eigenvalue weighted by molar-refractivity contribution is 0.104. The highest BCUT2D eigenvalue weighted by molar-refractivity contribution is 6.18. The number of anilines is 4. The van der Waals surface area contributed by atoms with Gasteiger partial charge in [0.15, 0.2) is 5.78 Å². The molecule has 40 heavy (non-hydrogen) atoms. The number of benzene rings is 2. The van der Waals surface area contributed by atoms with Crippen LogP contribution in [0.4, 0.5) is 27.5 Å². The predicted octanol–water partition coefficient (Wildman–Crippen LogP) is 4.64. The number of nitrogens with one attached hydrogen (secondary N) is 3. The zero-order valence-electron chi connectivity index (χ0n) is 23.1. The third kappa shape index (κ3) is 6.24. The maximum Gasteiger partial charge on any atom is 0.231 e. The van der Waals surface area contributed by atoms with Crippen molar-refractivity contribution in [2.24, 2.45) is 5.92 Å². The first-order valence-corrected chi connectivity index (χ1v) is 13.7. The second-order valence-electron chi connectivity index (χ2n) is 10.8. The van der Waals surface area contributed by atoms with Crippen molar-refractivity contribution in [3.63, 3.8) is 0 Å². The largest absolute Gasteiger partial charge is 0.394 e. The van der Waals surface area contributed by atoms with Crippen molar-refractivity contribution in [1.82, 2.24) is 19.9 Å². The van der Waals surface area contributed by atoms with Gasteiger partial charge in [0.2, 0.25) is 5.95 Å². The molecule has 0 unspecified atom stereocenters. The number of piperazine rings is 1. The first kappa shape index (κ1) is 27.5. The number of halogens is 1. The Bertz CT molecular complexity index is 1450. The van der Waals surface area contributed by atoms with Gasteiger partial charge in [-0.3, -0.25) is 4.79 Å². The molecule has 4 N–H and O–H groups in total. The van der Waals surface area contributed by atoms with Crippen molar-refractivity contribution in [2.75, 3.05) is 55.4 Å². The summed E-state index contributed by atoms with van der Waals surface area (Å²) in [7, 11) is 2.14. The van der Waals surface area contributed by atoms with Gasteiger partial charge in [-0.05, 0) is 67.9 Å². The Morgan fingerprint density at radius 3 is 2.40 bits per heavy atom. The van der Waals surface area contributed by atoms with E-state index in [4.69, 9.17) is 4.98 Å². The Kier molecular flexibility index (Phi) is 8.27. The molecular weight excluding hydrogens is 509 g/mol. The predicted molar refractivity (Wildman–Crippen MR) is 157 cm³/mol. The van der Waals surface area contributed by atoms with Gasteiger partial charge in [0.1, 0.15) is 17.3 Å². The van der Waals surface area contributed by atoms with Gasteiger partial charge in [0, 0.05) is 49.3 Å². The Morgan fingerprint density at radius 2 is 1.75 bits per heavy atom. The summed E-state index contributed by atoms with van der Waals surface area (Å²) in [4.78, 5) is 30.6. The quantitative estimate of drug-likeness (QED) is 0.214. The van der Waals surface area contributed by atoms with Crippen LogP contribution >= 0.6 is 0 Å². The molecule has 0 spiro atoms. The molecule has 1 fully saturated rings. The number of aliphatic hydroxyl groups is 1. The third-order valence-electron chi connectivity index (χ3n) is 7.19. The molecule has 0 aliphatic carbocycles. The van der Waals surface area contributed by atoms with Gasteiger partial charge in [-0.2, -0.15) is 9.97 Å². The number of aromatic amines is 1. The minimum absolute atomic E-state index is 0.0914. The van der Waals surface area contributed by atoms with Crippen molar-refractivity contribution in [3.05, 3.63) is 71.7 Å². The fraction of sp³-hybridized carbons (Fsp3) is 0.367. The molecule has 0 saturated carbocycles. The van der Waals surface area contributed by atoms with Gasteiger partial charge in [0.25, 0.3) is 0 Å². The standard InChI is InChI=1S/C30H36FN7O2/c1-19(2)16-23(18-39)33-29-26-25(27(40)20-4-6-21(31)7-5-20)17-32-28(26)35-30(36-29)34-22-8-10-24(11-9-22)38-14-12-37(3)13-15-38/h4-11,17,19,23,39H,12-16,18H2,1-3H3,(H3,32,33,34,35,36)/t23-/m1/s1. The Labute approximate surface area is 233 Å². The van der Waals surface area contributed by atoms with Crippen molar-refractivity contribution in [2.45, 2.75) is 26.3 Å². The van der Waals surface area contributed by atoms with E-state index in [1.165, 1.54) is 30.0 Å². The summed E-state index contributed by atoms with van der Waals surface area (Å²) in [5.41, 5.74) is 3.20. The lowest BCUT2D eigenvalue weighted by atomic mass is 10.0. The molecule has 4 aromatic rings. The molecule has 2 aromatic carbocycles. The van der Waals surface area contributed by atoms with Crippen LogP contribution in [-0.4, -0.2) is 76.6 Å². The summed E-state index contributed by atoms with van der Waals surface area (Å²) in [5.74, 6) is 0.444. The zero-order chi connectivity index (χ0) is 28.2. The van der Waals surface area contributed by atoms with Crippen molar-refractivity contribution >= 4 is 40.0 Å². The Balaban J connectivity index is 1.46. The Morgan fingerprint density at radius 1 is 1.05 bits per heavy atom. The maximum atomic E-state index is 13.5. The fourth-order valence-electron chi connectivity index (χ4n) is 5.02. The number of hydrogen-bond donors (Lipinski definition) is 4. The van der Waals surface area contributed by atoms with E-state index >= 15 is 0 Å². The van der Waals surface area contributed by atoms with E-state index in [2.05, 4.69) is 63.4 Å². The molecule has 0 amide bonds. The number of hydrogen-bond acceptors (Lipinski definition) is 8. The molecule has 9 nitrogen and oxygen atoms in total. The van der Waals surface area contributed by atoms with Crippen molar-refractivity contribution < 1.29 is 14.3 Å². The van der Waals surface area contributed by atoms with Crippen LogP contribution in [0.1, 0.15) is 36.2 Å². The molecule has 3 heterocycles. The highest BCUT2D eigenvalue weighted by Gasteiger charge is 2.22. The summed E-state index contributed by atoms with van der Waals surface area (Å²) in [5, 5.41) is 17.2. The Hall–Kier alpha value is -4.02.